The molecule has 1 aliphatic heterocycles. The number of nitrogens with one attached hydrogen (secondary N) is 2. The molecule has 1 atom stereocenters. The van der Waals surface area contributed by atoms with Gasteiger partial charge in [0.05, 0.1) is 17.1 Å². The molecule has 1 aliphatic rings. The van der Waals surface area contributed by atoms with Gasteiger partial charge in [-0.05, 0) is 44.0 Å². The minimum atomic E-state index is -0.245. The summed E-state index contributed by atoms with van der Waals surface area (Å²) in [5.41, 5.74) is 2.64. The fraction of sp³-hybridized carbons (Fsp3) is 0.421. The first kappa shape index (κ1) is 16.9. The smallest absolute Gasteiger partial charge is 0.222 e. The zero-order valence-electron chi connectivity index (χ0n) is 14.9. The molecule has 2 aromatic heterocycles. The first-order valence-corrected chi connectivity index (χ1v) is 9.17. The highest BCUT2D eigenvalue weighted by Crippen LogP contribution is 2.32. The summed E-state index contributed by atoms with van der Waals surface area (Å²) in [5, 5.41) is 3.19. The van der Waals surface area contributed by atoms with Gasteiger partial charge >= 0.3 is 0 Å². The molecule has 0 saturated carbocycles. The van der Waals surface area contributed by atoms with Crippen LogP contribution in [0.1, 0.15) is 43.6 Å². The fourth-order valence-electron chi connectivity index (χ4n) is 3.48. The lowest BCUT2D eigenvalue weighted by molar-refractivity contribution is 0.240. The van der Waals surface area contributed by atoms with Gasteiger partial charge in [0.15, 0.2) is 0 Å². The molecule has 0 bridgehead atoms. The van der Waals surface area contributed by atoms with Crippen LogP contribution in [0.4, 0.5) is 10.3 Å². The zero-order chi connectivity index (χ0) is 17.9. The number of H-pyrrole nitrogens is 1. The third-order valence-electron chi connectivity index (χ3n) is 4.77. The third kappa shape index (κ3) is 3.53. The number of hydrogen-bond donors (Lipinski definition) is 2. The molecule has 0 amide bonds. The Kier molecular flexibility index (Phi) is 4.79. The first-order chi connectivity index (χ1) is 12.7. The standard InChI is InChI=1S/C19H23FN6/c1-2-7-21-19-22-10-13(11-23-19)12-26-8-3-4-17(26)18-24-15-6-5-14(20)9-16(15)25-18/h5-6,9-11,17H,2-4,7-8,12H2,1H3,(H,24,25)(H,21,22,23)/t17-/m1/s1. The predicted molar refractivity (Wildman–Crippen MR) is 99.2 cm³/mol. The first-order valence-electron chi connectivity index (χ1n) is 9.17. The molecule has 4 rings (SSSR count). The van der Waals surface area contributed by atoms with Gasteiger partial charge in [0.2, 0.25) is 5.95 Å². The lowest BCUT2D eigenvalue weighted by Gasteiger charge is -2.22. The summed E-state index contributed by atoms with van der Waals surface area (Å²) in [6.45, 7) is 4.78. The van der Waals surface area contributed by atoms with Gasteiger partial charge in [-0.25, -0.2) is 19.3 Å². The molecule has 1 aromatic carbocycles. The van der Waals surface area contributed by atoms with E-state index in [1.165, 1.54) is 12.1 Å². The van der Waals surface area contributed by atoms with Crippen molar-refractivity contribution in [1.29, 1.82) is 0 Å². The van der Waals surface area contributed by atoms with Crippen LogP contribution in [0, 0.1) is 5.82 Å². The largest absolute Gasteiger partial charge is 0.354 e. The van der Waals surface area contributed by atoms with Crippen molar-refractivity contribution in [3.63, 3.8) is 0 Å². The van der Waals surface area contributed by atoms with Gasteiger partial charge in [0, 0.05) is 31.0 Å². The van der Waals surface area contributed by atoms with E-state index in [1.807, 2.05) is 12.4 Å². The monoisotopic (exact) mass is 354 g/mol. The van der Waals surface area contributed by atoms with Crippen LogP contribution in [0.5, 0.6) is 0 Å². The second kappa shape index (κ2) is 7.37. The van der Waals surface area contributed by atoms with Crippen molar-refractivity contribution in [1.82, 2.24) is 24.8 Å². The van der Waals surface area contributed by atoms with Crippen LogP contribution in [0.25, 0.3) is 11.0 Å². The van der Waals surface area contributed by atoms with E-state index in [2.05, 4.69) is 37.1 Å². The van der Waals surface area contributed by atoms with Gasteiger partial charge < -0.3 is 10.3 Å². The highest BCUT2D eigenvalue weighted by molar-refractivity contribution is 5.75. The minimum absolute atomic E-state index is 0.211. The Balaban J connectivity index is 1.49. The van der Waals surface area contributed by atoms with Crippen LogP contribution in [0.15, 0.2) is 30.6 Å². The van der Waals surface area contributed by atoms with Crippen molar-refractivity contribution in [2.24, 2.45) is 0 Å². The molecule has 1 saturated heterocycles. The summed E-state index contributed by atoms with van der Waals surface area (Å²) in [5.74, 6) is 1.34. The minimum Gasteiger partial charge on any atom is -0.354 e. The molecule has 0 radical (unpaired) electrons. The van der Waals surface area contributed by atoms with Crippen molar-refractivity contribution in [2.75, 3.05) is 18.4 Å². The van der Waals surface area contributed by atoms with Crippen LogP contribution in [-0.4, -0.2) is 37.9 Å². The summed E-state index contributed by atoms with van der Waals surface area (Å²) in [4.78, 5) is 19.1. The highest BCUT2D eigenvalue weighted by atomic mass is 19.1. The van der Waals surface area contributed by atoms with Gasteiger partial charge in [0.1, 0.15) is 11.6 Å². The Morgan fingerprint density at radius 1 is 1.31 bits per heavy atom. The van der Waals surface area contributed by atoms with Crippen molar-refractivity contribution in [3.05, 3.63) is 47.8 Å². The number of nitrogens with zero attached hydrogens (tertiary/aromatic N) is 4. The molecule has 3 aromatic rings. The third-order valence-corrected chi connectivity index (χ3v) is 4.77. The molecule has 7 heteroatoms. The van der Waals surface area contributed by atoms with E-state index in [4.69, 9.17) is 0 Å². The molecule has 2 N–H and O–H groups in total. The number of halogens is 1. The maximum Gasteiger partial charge on any atom is 0.222 e. The van der Waals surface area contributed by atoms with Gasteiger partial charge in [0.25, 0.3) is 0 Å². The number of rotatable bonds is 6. The van der Waals surface area contributed by atoms with Crippen molar-refractivity contribution >= 4 is 17.0 Å². The summed E-state index contributed by atoms with van der Waals surface area (Å²) in [6, 6.07) is 4.88. The molecule has 3 heterocycles. The van der Waals surface area contributed by atoms with Gasteiger partial charge in [-0.1, -0.05) is 6.92 Å². The topological polar surface area (TPSA) is 69.7 Å². The Morgan fingerprint density at radius 2 is 2.15 bits per heavy atom. The molecule has 26 heavy (non-hydrogen) atoms. The normalized spacial score (nSPS) is 17.8. The van der Waals surface area contributed by atoms with Crippen LogP contribution in [0.2, 0.25) is 0 Å². The van der Waals surface area contributed by atoms with E-state index < -0.39 is 0 Å². The fourth-order valence-corrected chi connectivity index (χ4v) is 3.48. The maximum absolute atomic E-state index is 13.4. The summed E-state index contributed by atoms with van der Waals surface area (Å²) in [7, 11) is 0. The molecule has 0 aliphatic carbocycles. The maximum atomic E-state index is 13.4. The Labute approximate surface area is 151 Å². The molecular formula is C19H23FN6. The molecule has 1 fully saturated rings. The van der Waals surface area contributed by atoms with Crippen molar-refractivity contribution in [3.8, 4) is 0 Å². The lowest BCUT2D eigenvalue weighted by Crippen LogP contribution is -2.23. The quantitative estimate of drug-likeness (QED) is 0.707. The van der Waals surface area contributed by atoms with Gasteiger partial charge in [-0.2, -0.15) is 0 Å². The van der Waals surface area contributed by atoms with Crippen LogP contribution in [0.3, 0.4) is 0 Å². The van der Waals surface area contributed by atoms with Gasteiger partial charge in [-0.3, -0.25) is 4.90 Å². The molecule has 6 nitrogen and oxygen atoms in total. The number of likely N-dealkylation sites (tertiary alicyclic amines) is 1. The zero-order valence-corrected chi connectivity index (χ0v) is 14.9. The lowest BCUT2D eigenvalue weighted by atomic mass is 10.2. The molecule has 136 valence electrons. The Hall–Kier alpha value is -2.54. The number of benzene rings is 1. The summed E-state index contributed by atoms with van der Waals surface area (Å²) in [6.07, 6.45) is 6.97. The second-order valence-corrected chi connectivity index (χ2v) is 6.75. The average Bonchev–Trinajstić information content (AvgIpc) is 3.27. The number of anilines is 1. The van der Waals surface area contributed by atoms with Crippen molar-refractivity contribution < 1.29 is 4.39 Å². The molecular weight excluding hydrogens is 331 g/mol. The van der Waals surface area contributed by atoms with Crippen LogP contribution >= 0.6 is 0 Å². The van der Waals surface area contributed by atoms with Crippen LogP contribution < -0.4 is 5.32 Å². The average molecular weight is 354 g/mol. The molecule has 0 unspecified atom stereocenters. The van der Waals surface area contributed by atoms with E-state index in [-0.39, 0.29) is 11.9 Å². The number of imidazole rings is 1. The number of fused-ring (bicyclic) bond motifs is 1. The van der Waals surface area contributed by atoms with E-state index in [1.54, 1.807) is 6.07 Å². The number of aromatic amines is 1. The Morgan fingerprint density at radius 3 is 2.96 bits per heavy atom. The van der Waals surface area contributed by atoms with E-state index >= 15 is 0 Å². The SMILES string of the molecule is CCCNc1ncc(CN2CCC[C@@H]2c2nc3ccc(F)cc3[nH]2)cn1. The van der Waals surface area contributed by atoms with E-state index in [9.17, 15) is 4.39 Å². The summed E-state index contributed by atoms with van der Waals surface area (Å²) >= 11 is 0. The van der Waals surface area contributed by atoms with E-state index in [0.29, 0.717) is 5.95 Å². The highest BCUT2D eigenvalue weighted by Gasteiger charge is 2.28. The van der Waals surface area contributed by atoms with Crippen LogP contribution in [-0.2, 0) is 6.54 Å². The van der Waals surface area contributed by atoms with Crippen molar-refractivity contribution in [2.45, 2.75) is 38.8 Å². The summed E-state index contributed by atoms with van der Waals surface area (Å²) < 4.78 is 13.4. The number of hydrogen-bond acceptors (Lipinski definition) is 5. The second-order valence-electron chi connectivity index (χ2n) is 6.75. The van der Waals surface area contributed by atoms with E-state index in [0.717, 1.165) is 61.3 Å². The predicted octanol–water partition coefficient (Wildman–Crippen LogP) is 3.65. The van der Waals surface area contributed by atoms with Gasteiger partial charge in [-0.15, -0.1) is 0 Å². The Bertz CT molecular complexity index is 875. The number of aromatic nitrogens is 4. The molecule has 0 spiro atoms.